The molecule has 0 unspecified atom stereocenters. The average Bonchev–Trinajstić information content (AvgIpc) is 2.73. The first-order chi connectivity index (χ1) is 8.65. The van der Waals surface area contributed by atoms with Crippen LogP contribution in [0, 0.1) is 5.92 Å². The van der Waals surface area contributed by atoms with E-state index in [9.17, 15) is 0 Å². The van der Waals surface area contributed by atoms with Gasteiger partial charge in [-0.2, -0.15) is 0 Å². The van der Waals surface area contributed by atoms with Crippen molar-refractivity contribution in [2.24, 2.45) is 16.6 Å². The van der Waals surface area contributed by atoms with Gasteiger partial charge in [0.2, 0.25) is 0 Å². The smallest absolute Gasteiger partial charge is 0.189 e. The monoisotopic (exact) mass is 250 g/mol. The minimum absolute atomic E-state index is 0.376. The first-order valence-electron chi connectivity index (χ1n) is 6.64. The molecule has 1 fully saturated rings. The van der Waals surface area contributed by atoms with Crippen LogP contribution in [0.25, 0.3) is 0 Å². The average molecular weight is 250 g/mol. The molecule has 1 heterocycles. The van der Waals surface area contributed by atoms with Crippen molar-refractivity contribution in [3.05, 3.63) is 17.5 Å². The van der Waals surface area contributed by atoms with Crippen LogP contribution in [0.2, 0.25) is 0 Å². The molecule has 1 aromatic heterocycles. The summed E-state index contributed by atoms with van der Waals surface area (Å²) in [4.78, 5) is 4.25. The third-order valence-electron chi connectivity index (χ3n) is 3.37. The van der Waals surface area contributed by atoms with Crippen molar-refractivity contribution in [1.29, 1.82) is 0 Å². The van der Waals surface area contributed by atoms with Crippen LogP contribution in [-0.4, -0.2) is 17.7 Å². The summed E-state index contributed by atoms with van der Waals surface area (Å²) in [6.07, 6.45) is 3.96. The molecular weight excluding hydrogens is 228 g/mol. The minimum Gasteiger partial charge on any atom is -0.370 e. The summed E-state index contributed by atoms with van der Waals surface area (Å²) in [5, 5.41) is 7.13. The fourth-order valence-corrected chi connectivity index (χ4v) is 1.84. The van der Waals surface area contributed by atoms with Crippen molar-refractivity contribution in [2.45, 2.75) is 45.6 Å². The van der Waals surface area contributed by atoms with E-state index in [1.807, 2.05) is 6.07 Å². The standard InChI is InChI=1S/C13H22N4O/c1-9(2)12-6-11(18-17-12)8-16-13(14)15-7-10-4-3-5-10/h6,9-10H,3-5,7-8H2,1-2H3,(H3,14,15,16). The predicted molar refractivity (Wildman–Crippen MR) is 71.3 cm³/mol. The fraction of sp³-hybridized carbons (Fsp3) is 0.692. The van der Waals surface area contributed by atoms with Crippen LogP contribution in [0.4, 0.5) is 0 Å². The molecule has 1 aliphatic carbocycles. The molecule has 0 radical (unpaired) electrons. The van der Waals surface area contributed by atoms with Gasteiger partial charge in [0.25, 0.3) is 0 Å². The number of aromatic nitrogens is 1. The molecule has 3 N–H and O–H groups in total. The highest BCUT2D eigenvalue weighted by atomic mass is 16.5. The van der Waals surface area contributed by atoms with Crippen LogP contribution in [-0.2, 0) is 6.54 Å². The molecule has 100 valence electrons. The Balaban J connectivity index is 1.76. The molecule has 0 aromatic carbocycles. The number of nitrogens with zero attached hydrogens (tertiary/aromatic N) is 2. The van der Waals surface area contributed by atoms with E-state index in [0.29, 0.717) is 18.4 Å². The molecule has 0 bridgehead atoms. The molecular formula is C13H22N4O. The summed E-state index contributed by atoms with van der Waals surface area (Å²) < 4.78 is 5.19. The third-order valence-corrected chi connectivity index (χ3v) is 3.37. The van der Waals surface area contributed by atoms with Crippen LogP contribution < -0.4 is 11.1 Å². The molecule has 5 nitrogen and oxygen atoms in total. The number of nitrogens with one attached hydrogen (secondary N) is 1. The zero-order valence-corrected chi connectivity index (χ0v) is 11.1. The maximum Gasteiger partial charge on any atom is 0.189 e. The summed E-state index contributed by atoms with van der Waals surface area (Å²) in [6, 6.07) is 1.94. The molecule has 0 spiro atoms. The summed E-state index contributed by atoms with van der Waals surface area (Å²) >= 11 is 0. The number of hydrogen-bond donors (Lipinski definition) is 2. The second kappa shape index (κ2) is 5.89. The molecule has 0 aliphatic heterocycles. The zero-order valence-electron chi connectivity index (χ0n) is 11.1. The van der Waals surface area contributed by atoms with Gasteiger partial charge in [-0.15, -0.1) is 0 Å². The quantitative estimate of drug-likeness (QED) is 0.619. The molecule has 2 rings (SSSR count). The van der Waals surface area contributed by atoms with Gasteiger partial charge in [0.05, 0.1) is 5.69 Å². The van der Waals surface area contributed by atoms with Crippen molar-refractivity contribution >= 4 is 5.96 Å². The molecule has 0 amide bonds. The first-order valence-corrected chi connectivity index (χ1v) is 6.64. The highest BCUT2D eigenvalue weighted by molar-refractivity contribution is 5.77. The van der Waals surface area contributed by atoms with Crippen molar-refractivity contribution < 1.29 is 4.52 Å². The number of aliphatic imine (C=N–C) groups is 1. The Morgan fingerprint density at radius 2 is 2.39 bits per heavy atom. The van der Waals surface area contributed by atoms with Crippen LogP contribution in [0.15, 0.2) is 15.6 Å². The van der Waals surface area contributed by atoms with E-state index in [0.717, 1.165) is 23.9 Å². The van der Waals surface area contributed by atoms with Crippen LogP contribution >= 0.6 is 0 Å². The van der Waals surface area contributed by atoms with Gasteiger partial charge in [-0.1, -0.05) is 25.4 Å². The van der Waals surface area contributed by atoms with Gasteiger partial charge in [0.15, 0.2) is 11.7 Å². The van der Waals surface area contributed by atoms with Gasteiger partial charge in [-0.05, 0) is 24.7 Å². The van der Waals surface area contributed by atoms with Crippen molar-refractivity contribution in [1.82, 2.24) is 10.5 Å². The molecule has 18 heavy (non-hydrogen) atoms. The van der Waals surface area contributed by atoms with E-state index >= 15 is 0 Å². The summed E-state index contributed by atoms with van der Waals surface area (Å²) in [6.45, 7) is 5.55. The lowest BCUT2D eigenvalue weighted by atomic mass is 9.85. The van der Waals surface area contributed by atoms with E-state index in [1.165, 1.54) is 19.3 Å². The van der Waals surface area contributed by atoms with E-state index in [2.05, 4.69) is 29.3 Å². The van der Waals surface area contributed by atoms with E-state index in [-0.39, 0.29) is 0 Å². The van der Waals surface area contributed by atoms with Gasteiger partial charge in [0, 0.05) is 12.6 Å². The van der Waals surface area contributed by atoms with Gasteiger partial charge >= 0.3 is 0 Å². The Hall–Kier alpha value is -1.52. The Kier molecular flexibility index (Phi) is 4.23. The second-order valence-corrected chi connectivity index (χ2v) is 5.25. The highest BCUT2D eigenvalue weighted by Crippen LogP contribution is 2.24. The van der Waals surface area contributed by atoms with E-state index < -0.39 is 0 Å². The van der Waals surface area contributed by atoms with Crippen molar-refractivity contribution in [3.63, 3.8) is 0 Å². The third kappa shape index (κ3) is 3.48. The highest BCUT2D eigenvalue weighted by Gasteiger charge is 2.16. The molecule has 1 aromatic rings. The van der Waals surface area contributed by atoms with Crippen molar-refractivity contribution in [2.75, 3.05) is 6.54 Å². The Bertz CT molecular complexity index is 407. The Morgan fingerprint density at radius 3 is 2.94 bits per heavy atom. The predicted octanol–water partition coefficient (Wildman–Crippen LogP) is 2.00. The van der Waals surface area contributed by atoms with Crippen LogP contribution in [0.3, 0.4) is 0 Å². The SMILES string of the molecule is CC(C)c1cc(CN=C(N)NCC2CCC2)on1. The summed E-state index contributed by atoms with van der Waals surface area (Å²) in [5.41, 5.74) is 6.75. The number of rotatable bonds is 5. The van der Waals surface area contributed by atoms with Gasteiger partial charge in [-0.25, -0.2) is 4.99 Å². The minimum atomic E-state index is 0.376. The number of guanidine groups is 1. The normalized spacial score (nSPS) is 16.9. The number of nitrogens with two attached hydrogens (primary N) is 1. The maximum atomic E-state index is 5.79. The topological polar surface area (TPSA) is 76.4 Å². The largest absolute Gasteiger partial charge is 0.370 e. The van der Waals surface area contributed by atoms with E-state index in [1.54, 1.807) is 0 Å². The van der Waals surface area contributed by atoms with Gasteiger partial charge in [0.1, 0.15) is 6.54 Å². The van der Waals surface area contributed by atoms with E-state index in [4.69, 9.17) is 10.3 Å². The van der Waals surface area contributed by atoms with Crippen LogP contribution in [0.5, 0.6) is 0 Å². The summed E-state index contributed by atoms with van der Waals surface area (Å²) in [5.74, 6) is 2.40. The molecule has 1 aliphatic rings. The first kappa shape index (κ1) is 12.9. The van der Waals surface area contributed by atoms with Gasteiger partial charge in [-0.3, -0.25) is 0 Å². The van der Waals surface area contributed by atoms with Crippen molar-refractivity contribution in [3.8, 4) is 0 Å². The maximum absolute atomic E-state index is 5.79. The lowest BCUT2D eigenvalue weighted by Gasteiger charge is -2.25. The molecule has 5 heteroatoms. The molecule has 0 saturated heterocycles. The lowest BCUT2D eigenvalue weighted by molar-refractivity contribution is 0.315. The summed E-state index contributed by atoms with van der Waals surface area (Å²) in [7, 11) is 0. The second-order valence-electron chi connectivity index (χ2n) is 5.25. The van der Waals surface area contributed by atoms with Crippen LogP contribution in [0.1, 0.15) is 50.5 Å². The lowest BCUT2D eigenvalue weighted by Crippen LogP contribution is -2.37. The zero-order chi connectivity index (χ0) is 13.0. The molecule has 1 saturated carbocycles. The van der Waals surface area contributed by atoms with Gasteiger partial charge < -0.3 is 15.6 Å². The Labute approximate surface area is 108 Å². The number of hydrogen-bond acceptors (Lipinski definition) is 3. The fourth-order valence-electron chi connectivity index (χ4n) is 1.84. The Morgan fingerprint density at radius 1 is 1.61 bits per heavy atom. The molecule has 0 atom stereocenters.